The summed E-state index contributed by atoms with van der Waals surface area (Å²) >= 11 is 0. The van der Waals surface area contributed by atoms with Crippen LogP contribution in [0.2, 0.25) is 0 Å². The molecule has 1 N–H and O–H groups in total. The highest BCUT2D eigenvalue weighted by molar-refractivity contribution is 5.94. The Labute approximate surface area is 191 Å². The maximum absolute atomic E-state index is 13.1. The molecule has 0 spiro atoms. The van der Waals surface area contributed by atoms with Crippen molar-refractivity contribution >= 4 is 11.9 Å². The summed E-state index contributed by atoms with van der Waals surface area (Å²) in [6.45, 7) is 8.09. The van der Waals surface area contributed by atoms with Gasteiger partial charge in [-0.15, -0.1) is 0 Å². The number of nitrogens with one attached hydrogen (secondary N) is 1. The maximum atomic E-state index is 13.1. The summed E-state index contributed by atoms with van der Waals surface area (Å²) in [4.78, 5) is 31.3. The van der Waals surface area contributed by atoms with Crippen LogP contribution in [0.4, 0.5) is 4.79 Å². The van der Waals surface area contributed by atoms with Crippen LogP contribution in [0.25, 0.3) is 11.1 Å². The average molecular weight is 435 g/mol. The Morgan fingerprint density at radius 3 is 2.00 bits per heavy atom. The number of hydrogen-bond acceptors (Lipinski definition) is 3. The van der Waals surface area contributed by atoms with Gasteiger partial charge in [0.2, 0.25) is 0 Å². The highest BCUT2D eigenvalue weighted by atomic mass is 16.2. The summed E-state index contributed by atoms with van der Waals surface area (Å²) in [5.74, 6) is -0.000824. The van der Waals surface area contributed by atoms with E-state index in [1.165, 1.54) is 0 Å². The van der Waals surface area contributed by atoms with Gasteiger partial charge in [-0.05, 0) is 55.5 Å². The largest absolute Gasteiger partial charge is 0.345 e. The van der Waals surface area contributed by atoms with Crippen LogP contribution in [-0.2, 0) is 5.54 Å². The first-order valence-corrected chi connectivity index (χ1v) is 11.5. The van der Waals surface area contributed by atoms with Crippen molar-refractivity contribution in [3.63, 3.8) is 0 Å². The Morgan fingerprint density at radius 2 is 1.44 bits per heavy atom. The molecule has 6 nitrogen and oxygen atoms in total. The van der Waals surface area contributed by atoms with Crippen molar-refractivity contribution in [2.24, 2.45) is 0 Å². The van der Waals surface area contributed by atoms with Crippen molar-refractivity contribution in [2.45, 2.75) is 38.3 Å². The Bertz CT molecular complexity index is 958. The molecule has 3 heterocycles. The second kappa shape index (κ2) is 8.94. The molecule has 2 bridgehead atoms. The minimum atomic E-state index is -0.470. The summed E-state index contributed by atoms with van der Waals surface area (Å²) in [7, 11) is 3.51. The molecule has 0 aromatic heterocycles. The number of benzene rings is 2. The van der Waals surface area contributed by atoms with Gasteiger partial charge in [0.1, 0.15) is 0 Å². The second-order valence-corrected chi connectivity index (χ2v) is 9.68. The van der Waals surface area contributed by atoms with Crippen LogP contribution in [-0.4, -0.2) is 73.0 Å². The lowest BCUT2D eigenvalue weighted by molar-refractivity contribution is 0.0827. The van der Waals surface area contributed by atoms with E-state index in [2.05, 4.69) is 48.3 Å². The number of rotatable bonds is 4. The third-order valence-corrected chi connectivity index (χ3v) is 6.81. The quantitative estimate of drug-likeness (QED) is 0.797. The lowest BCUT2D eigenvalue weighted by Gasteiger charge is -2.35. The lowest BCUT2D eigenvalue weighted by Crippen LogP contribution is -2.52. The maximum Gasteiger partial charge on any atom is 0.318 e. The van der Waals surface area contributed by atoms with Gasteiger partial charge in [-0.25, -0.2) is 4.79 Å². The Balaban J connectivity index is 1.44. The van der Waals surface area contributed by atoms with Crippen molar-refractivity contribution < 1.29 is 9.59 Å². The fourth-order valence-electron chi connectivity index (χ4n) is 4.71. The summed E-state index contributed by atoms with van der Waals surface area (Å²) in [5.41, 5.74) is 3.42. The van der Waals surface area contributed by atoms with Gasteiger partial charge in [-0.1, -0.05) is 36.4 Å². The van der Waals surface area contributed by atoms with Crippen molar-refractivity contribution in [1.82, 2.24) is 20.0 Å². The van der Waals surface area contributed by atoms with E-state index < -0.39 is 5.54 Å². The number of carbonyl (C=O) groups excluding carboxylic acids is 2. The molecule has 0 radical (unpaired) electrons. The van der Waals surface area contributed by atoms with Gasteiger partial charge < -0.3 is 20.0 Å². The second-order valence-electron chi connectivity index (χ2n) is 9.68. The molecule has 3 amide bonds. The molecular weight excluding hydrogens is 400 g/mol. The van der Waals surface area contributed by atoms with Gasteiger partial charge in [-0.2, -0.15) is 0 Å². The molecule has 3 fully saturated rings. The molecular formula is C26H34N4O2. The van der Waals surface area contributed by atoms with E-state index in [9.17, 15) is 9.59 Å². The van der Waals surface area contributed by atoms with Gasteiger partial charge >= 0.3 is 6.03 Å². The van der Waals surface area contributed by atoms with Crippen molar-refractivity contribution in [3.8, 4) is 11.1 Å². The number of nitrogens with zero attached hydrogens (tertiary/aromatic N) is 3. The number of hydrogen-bond donors (Lipinski definition) is 1. The Hall–Kier alpha value is -2.86. The monoisotopic (exact) mass is 434 g/mol. The first kappa shape index (κ1) is 22.3. The Morgan fingerprint density at radius 1 is 0.875 bits per heavy atom. The van der Waals surface area contributed by atoms with Crippen LogP contribution in [0.3, 0.4) is 0 Å². The molecule has 32 heavy (non-hydrogen) atoms. The molecule has 3 aliphatic heterocycles. The fraction of sp³-hybridized carbons (Fsp3) is 0.462. The predicted octanol–water partition coefficient (Wildman–Crippen LogP) is 3.78. The minimum Gasteiger partial charge on any atom is -0.345 e. The van der Waals surface area contributed by atoms with Crippen molar-refractivity contribution in [3.05, 3.63) is 59.7 Å². The zero-order valence-corrected chi connectivity index (χ0v) is 19.6. The predicted molar refractivity (Wildman–Crippen MR) is 128 cm³/mol. The minimum absolute atomic E-state index is 0.000824. The molecule has 170 valence electrons. The number of urea groups is 1. The Kier molecular flexibility index (Phi) is 6.24. The molecule has 0 aliphatic carbocycles. The average Bonchev–Trinajstić information content (AvgIpc) is 3.12. The molecule has 0 atom stereocenters. The van der Waals surface area contributed by atoms with E-state index in [0.29, 0.717) is 11.6 Å². The smallest absolute Gasteiger partial charge is 0.318 e. The van der Waals surface area contributed by atoms with E-state index in [4.69, 9.17) is 0 Å². The standard InChI is InChI=1S/C26H34N4O2/c1-26(2,27-25(32)30-18-17-29-15-13-23(30)14-16-29)22-11-9-20(10-12-22)19-5-7-21(8-6-19)24(31)28(3)4/h5-12,23H,13-18H2,1-4H3,(H,27,32). The molecule has 2 aromatic carbocycles. The normalized spacial score (nSPS) is 20.6. The SMILES string of the molecule is CN(C)C(=O)c1ccc(-c2ccc(C(C)(C)NC(=O)N3CCN4CCC3CC4)cc2)cc1. The highest BCUT2D eigenvalue weighted by Gasteiger charge is 2.34. The molecule has 3 saturated heterocycles. The zero-order chi connectivity index (χ0) is 22.9. The fourth-order valence-corrected chi connectivity index (χ4v) is 4.71. The van der Waals surface area contributed by atoms with Crippen LogP contribution in [0.5, 0.6) is 0 Å². The molecule has 2 aromatic rings. The molecule has 6 heteroatoms. The van der Waals surface area contributed by atoms with Crippen LogP contribution in [0, 0.1) is 0 Å². The first-order chi connectivity index (χ1) is 15.2. The lowest BCUT2D eigenvalue weighted by atomic mass is 9.92. The summed E-state index contributed by atoms with van der Waals surface area (Å²) in [6.07, 6.45) is 2.14. The van der Waals surface area contributed by atoms with Crippen LogP contribution in [0.1, 0.15) is 42.6 Å². The van der Waals surface area contributed by atoms with Crippen LogP contribution in [0.15, 0.2) is 48.5 Å². The number of amides is 3. The zero-order valence-electron chi connectivity index (χ0n) is 19.6. The molecule has 3 aliphatic rings. The van der Waals surface area contributed by atoms with Crippen molar-refractivity contribution in [2.75, 3.05) is 40.3 Å². The van der Waals surface area contributed by atoms with Gasteiger partial charge in [-0.3, -0.25) is 4.79 Å². The third kappa shape index (κ3) is 4.65. The number of fused-ring (bicyclic) bond motifs is 4. The van der Waals surface area contributed by atoms with Crippen LogP contribution < -0.4 is 5.32 Å². The van der Waals surface area contributed by atoms with Gasteiger partial charge in [0.15, 0.2) is 0 Å². The molecule has 0 saturated carbocycles. The van der Waals surface area contributed by atoms with Gasteiger partial charge in [0, 0.05) is 51.9 Å². The van der Waals surface area contributed by atoms with E-state index in [-0.39, 0.29) is 11.9 Å². The van der Waals surface area contributed by atoms with E-state index in [0.717, 1.165) is 55.7 Å². The van der Waals surface area contributed by atoms with Gasteiger partial charge in [0.05, 0.1) is 5.54 Å². The number of carbonyl (C=O) groups is 2. The van der Waals surface area contributed by atoms with E-state index in [1.807, 2.05) is 29.2 Å². The first-order valence-electron chi connectivity index (χ1n) is 11.5. The molecule has 0 unspecified atom stereocenters. The van der Waals surface area contributed by atoms with Gasteiger partial charge in [0.25, 0.3) is 5.91 Å². The van der Waals surface area contributed by atoms with E-state index >= 15 is 0 Å². The molecule has 5 rings (SSSR count). The number of piperidine rings is 1. The third-order valence-electron chi connectivity index (χ3n) is 6.81. The summed E-state index contributed by atoms with van der Waals surface area (Å²) in [5, 5.41) is 3.27. The van der Waals surface area contributed by atoms with Crippen molar-refractivity contribution in [1.29, 1.82) is 0 Å². The summed E-state index contributed by atoms with van der Waals surface area (Å²) in [6, 6.07) is 16.4. The summed E-state index contributed by atoms with van der Waals surface area (Å²) < 4.78 is 0. The van der Waals surface area contributed by atoms with Crippen LogP contribution >= 0.6 is 0 Å². The van der Waals surface area contributed by atoms with E-state index in [1.54, 1.807) is 19.0 Å². The highest BCUT2D eigenvalue weighted by Crippen LogP contribution is 2.27. The topological polar surface area (TPSA) is 55.9 Å².